The summed E-state index contributed by atoms with van der Waals surface area (Å²) < 4.78 is 19.4. The third-order valence-corrected chi connectivity index (χ3v) is 3.55. The topological polar surface area (TPSA) is 90.0 Å². The molecule has 1 saturated heterocycles. The lowest BCUT2D eigenvalue weighted by Gasteiger charge is -2.12. The summed E-state index contributed by atoms with van der Waals surface area (Å²) in [6.07, 6.45) is 4.19. The number of carbonyl (C=O) groups is 4. The van der Waals surface area contributed by atoms with Crippen LogP contribution < -0.4 is 0 Å². The first-order valence-corrected chi connectivity index (χ1v) is 8.25. The largest absolute Gasteiger partial charge is 0.473 e. The minimum Gasteiger partial charge on any atom is -0.473 e. The van der Waals surface area contributed by atoms with Crippen LogP contribution in [0.4, 0.5) is 0 Å². The Kier molecular flexibility index (Phi) is 7.73. The first kappa shape index (κ1) is 17.0. The summed E-state index contributed by atoms with van der Waals surface area (Å²) in [5, 5.41) is 0.550. The molecule has 24 heavy (non-hydrogen) atoms. The molecule has 0 aromatic carbocycles. The molecule has 0 spiro atoms. The van der Waals surface area contributed by atoms with Crippen molar-refractivity contribution < 1.29 is 28.8 Å². The lowest BCUT2D eigenvalue weighted by molar-refractivity contribution is -0.197. The number of ether oxygens (including phenoxy) is 1. The summed E-state index contributed by atoms with van der Waals surface area (Å²) in [5.41, 5.74) is 0. The average Bonchev–Trinajstić information content (AvgIpc) is 2.91. The van der Waals surface area contributed by atoms with Crippen LogP contribution in [0.5, 0.6) is 0 Å². The quantitative estimate of drug-likeness (QED) is 0.222. The van der Waals surface area contributed by atoms with E-state index < -0.39 is 30.9 Å². The summed E-state index contributed by atoms with van der Waals surface area (Å²) in [5.74, 6) is -1.94. The van der Waals surface area contributed by atoms with Gasteiger partial charge < -0.3 is 9.57 Å². The highest BCUT2D eigenvalue weighted by Crippen LogP contribution is 2.14. The Labute approximate surface area is 146 Å². The molecule has 1 unspecified atom stereocenters. The molecule has 1 radical (unpaired) electrons. The van der Waals surface area contributed by atoms with Gasteiger partial charge in [-0.25, -0.2) is 4.79 Å². The lowest BCUT2D eigenvalue weighted by atomic mass is 9.52. The lowest BCUT2D eigenvalue weighted by Crippen LogP contribution is -2.31. The normalized spacial score (nSPS) is 16.3. The summed E-state index contributed by atoms with van der Waals surface area (Å²) >= 11 is 0. The maximum absolute atomic E-state index is 11.6. The molecule has 0 bridgehead atoms. The van der Waals surface area contributed by atoms with Gasteiger partial charge >= 0.3 is 11.9 Å². The van der Waals surface area contributed by atoms with Gasteiger partial charge in [-0.05, 0) is 22.4 Å². The Morgan fingerprint density at radius 1 is 1.17 bits per heavy atom. The molecule has 1 heterocycles. The maximum Gasteiger partial charge on any atom is 0.333 e. The molecule has 0 N–H and O–H groups in total. The number of hydroxylamine groups is 2. The number of imide groups is 1. The van der Waals surface area contributed by atoms with Crippen LogP contribution >= 0.6 is 0 Å². The molecule has 1 fully saturated rings. The van der Waals surface area contributed by atoms with E-state index in [1.807, 2.05) is 0 Å². The zero-order valence-electron chi connectivity index (χ0n) is 16.0. The fraction of sp³-hybridized carbons (Fsp3) is 0.733. The van der Waals surface area contributed by atoms with Crippen LogP contribution in [0.25, 0.3) is 0 Å². The van der Waals surface area contributed by atoms with Crippen LogP contribution in [0.3, 0.4) is 0 Å². The first-order chi connectivity index (χ1) is 12.3. The third-order valence-electron chi connectivity index (χ3n) is 3.55. The van der Waals surface area contributed by atoms with Gasteiger partial charge in [0.1, 0.15) is 7.13 Å². The minimum atomic E-state index is -0.843. The van der Waals surface area contributed by atoms with Crippen LogP contribution in [-0.2, 0) is 28.8 Å². The van der Waals surface area contributed by atoms with Crippen molar-refractivity contribution in [3.05, 3.63) is 0 Å². The summed E-state index contributed by atoms with van der Waals surface area (Å²) in [4.78, 5) is 50.5. The van der Waals surface area contributed by atoms with E-state index in [1.165, 1.54) is 0 Å². The van der Waals surface area contributed by atoms with Gasteiger partial charge in [-0.3, -0.25) is 14.4 Å². The number of nitrogens with zero attached hydrogens (tertiary/aromatic N) is 1. The molecule has 1 aliphatic heterocycles. The molecule has 9 heteroatoms. The highest BCUT2D eigenvalue weighted by atomic mass is 16.7. The Balaban J connectivity index is 2.02. The second kappa shape index (κ2) is 10.9. The molecule has 1 aliphatic rings. The molecule has 0 aromatic heterocycles. The zero-order chi connectivity index (χ0) is 19.5. The predicted molar refractivity (Wildman–Crippen MR) is 89.4 cm³/mol. The van der Waals surface area contributed by atoms with Gasteiger partial charge in [-0.1, -0.05) is 19.3 Å². The Morgan fingerprint density at radius 3 is 2.29 bits per heavy atom. The van der Waals surface area contributed by atoms with Gasteiger partial charge in [-0.2, -0.15) is 0 Å². The van der Waals surface area contributed by atoms with Crippen molar-refractivity contribution in [2.45, 2.75) is 70.7 Å². The SMILES string of the molecule is [3H][B]B([3H])C(C)OC(=O)CCCCCCCC(=O)ON1C(=O)CCC1=O. The van der Waals surface area contributed by atoms with Gasteiger partial charge in [0, 0.05) is 25.7 Å². The first-order valence-electron chi connectivity index (χ1n) is 9.40. The third kappa shape index (κ3) is 7.66. The van der Waals surface area contributed by atoms with E-state index in [0.717, 1.165) is 27.0 Å². The molecule has 1 rings (SSSR count). The van der Waals surface area contributed by atoms with Crippen LogP contribution in [0.2, 0.25) is 0 Å². The van der Waals surface area contributed by atoms with Crippen LogP contribution in [0, 0.1) is 0 Å². The van der Waals surface area contributed by atoms with Crippen molar-refractivity contribution in [1.82, 2.24) is 5.06 Å². The van der Waals surface area contributed by atoms with E-state index in [0.29, 0.717) is 17.9 Å². The van der Waals surface area contributed by atoms with Gasteiger partial charge in [0.05, 0.1) is 13.7 Å². The van der Waals surface area contributed by atoms with Crippen molar-refractivity contribution in [3.63, 3.8) is 0 Å². The number of hydrogen-bond acceptors (Lipinski definition) is 6. The van der Waals surface area contributed by atoms with Crippen LogP contribution in [0.15, 0.2) is 0 Å². The zero-order valence-corrected chi connectivity index (χ0v) is 14.0. The molecule has 131 valence electrons. The number of amides is 2. The number of unbranched alkanes of at least 4 members (excludes halogenated alkanes) is 4. The summed E-state index contributed by atoms with van der Waals surface area (Å²) in [7, 11) is 0.0863. The second-order valence-electron chi connectivity index (χ2n) is 5.70. The highest BCUT2D eigenvalue weighted by molar-refractivity contribution is 6.90. The van der Waals surface area contributed by atoms with Crippen molar-refractivity contribution >= 4 is 38.6 Å². The van der Waals surface area contributed by atoms with Crippen molar-refractivity contribution in [1.29, 1.82) is 2.67 Å². The van der Waals surface area contributed by atoms with E-state index in [9.17, 15) is 19.2 Å². The molecule has 1 atom stereocenters. The molecule has 0 aliphatic carbocycles. The highest BCUT2D eigenvalue weighted by Gasteiger charge is 2.32. The van der Waals surface area contributed by atoms with Crippen molar-refractivity contribution in [2.75, 3.05) is 0 Å². The van der Waals surface area contributed by atoms with Gasteiger partial charge in [-0.15, -0.1) is 5.06 Å². The van der Waals surface area contributed by atoms with Crippen molar-refractivity contribution in [3.8, 4) is 0 Å². The van der Waals surface area contributed by atoms with E-state index >= 15 is 0 Å². The fourth-order valence-corrected chi connectivity index (χ4v) is 2.18. The molecular weight excluding hydrogens is 312 g/mol. The smallest absolute Gasteiger partial charge is 0.333 e. The Hall–Kier alpha value is -1.79. The fourth-order valence-electron chi connectivity index (χ4n) is 2.18. The van der Waals surface area contributed by atoms with Gasteiger partial charge in [0.2, 0.25) is 0 Å². The minimum absolute atomic E-state index is 0.0805. The standard InChI is InChI=1S/C15H24B2NO6/c1-11(17-16)23-14(21)7-5-3-2-4-6-8-15(22)24-18-12(19)9-10-13(18)20/h11,16-17H,2-10H2,1H3/i16T,17T. The van der Waals surface area contributed by atoms with Gasteiger partial charge in [0.25, 0.3) is 11.8 Å². The molecule has 2 amide bonds. The van der Waals surface area contributed by atoms with E-state index in [-0.39, 0.29) is 31.7 Å². The Morgan fingerprint density at radius 2 is 1.71 bits per heavy atom. The Bertz CT molecular complexity index is 506. The molecular formula is C15H24B2NO6. The monoisotopic (exact) mass is 340 g/mol. The molecule has 0 saturated carbocycles. The van der Waals surface area contributed by atoms with E-state index in [1.54, 1.807) is 6.92 Å². The van der Waals surface area contributed by atoms with E-state index in [2.05, 4.69) is 0 Å². The summed E-state index contributed by atoms with van der Waals surface area (Å²) in [6, 6.07) is -0.625. The summed E-state index contributed by atoms with van der Waals surface area (Å²) in [6.45, 7) is 1.59. The number of rotatable bonds is 12. The maximum atomic E-state index is 11.6. The van der Waals surface area contributed by atoms with Gasteiger partial charge in [0.15, 0.2) is 0 Å². The number of esters is 1. The van der Waals surface area contributed by atoms with Crippen molar-refractivity contribution in [2.24, 2.45) is 0 Å². The van der Waals surface area contributed by atoms with E-state index in [4.69, 9.17) is 12.2 Å². The average molecular weight is 340 g/mol. The number of hydrogen-bond donors (Lipinski definition) is 0. The number of carbonyl (C=O) groups excluding carboxylic acids is 4. The predicted octanol–water partition coefficient (Wildman–Crippen LogP) is 0.466. The van der Waals surface area contributed by atoms with Crippen LogP contribution in [-0.4, -0.2) is 52.3 Å². The molecule has 7 nitrogen and oxygen atoms in total. The molecule has 0 aromatic rings. The second-order valence-corrected chi connectivity index (χ2v) is 5.70. The van der Waals surface area contributed by atoms with Crippen LogP contribution in [0.1, 0.15) is 64.7 Å².